The second kappa shape index (κ2) is 7.30. The van der Waals surface area contributed by atoms with Gasteiger partial charge in [-0.15, -0.1) is 0 Å². The van der Waals surface area contributed by atoms with Crippen molar-refractivity contribution in [1.82, 2.24) is 10.3 Å². The van der Waals surface area contributed by atoms with Crippen LogP contribution < -0.4 is 15.0 Å². The molecule has 0 spiro atoms. The van der Waals surface area contributed by atoms with Gasteiger partial charge in [-0.25, -0.2) is 4.98 Å². The zero-order valence-corrected chi connectivity index (χ0v) is 15.5. The van der Waals surface area contributed by atoms with Crippen molar-refractivity contribution < 1.29 is 9.53 Å². The maximum atomic E-state index is 12.2. The molecule has 0 unspecified atom stereocenters. The number of rotatable bonds is 4. The predicted octanol–water partition coefficient (Wildman–Crippen LogP) is 3.29. The third-order valence-electron chi connectivity index (χ3n) is 4.83. The summed E-state index contributed by atoms with van der Waals surface area (Å²) in [6.07, 6.45) is 1.74. The number of aryl methyl sites for hydroxylation is 1. The first-order valence-corrected chi connectivity index (χ1v) is 8.98. The highest BCUT2D eigenvalue weighted by Gasteiger charge is 2.26. The van der Waals surface area contributed by atoms with E-state index in [1.807, 2.05) is 26.0 Å². The number of pyridine rings is 1. The number of methoxy groups -OCH3 is 1. The molecule has 1 saturated heterocycles. The molecule has 3 rings (SSSR count). The summed E-state index contributed by atoms with van der Waals surface area (Å²) in [6, 6.07) is 8.35. The van der Waals surface area contributed by atoms with Gasteiger partial charge in [-0.3, -0.25) is 4.79 Å². The summed E-state index contributed by atoms with van der Waals surface area (Å²) in [5.74, 6) is 2.10. The van der Waals surface area contributed by atoms with E-state index in [0.29, 0.717) is 0 Å². The van der Waals surface area contributed by atoms with Gasteiger partial charge in [0.25, 0.3) is 0 Å². The lowest BCUT2D eigenvalue weighted by Gasteiger charge is -2.32. The molecule has 0 saturated carbocycles. The minimum absolute atomic E-state index is 0.111. The number of hydrogen-bond acceptors (Lipinski definition) is 4. The summed E-state index contributed by atoms with van der Waals surface area (Å²) in [4.78, 5) is 19.3. The van der Waals surface area contributed by atoms with Crippen LogP contribution in [-0.2, 0) is 4.79 Å². The molecule has 0 radical (unpaired) electrons. The SMILES string of the molecule is COc1ccc2c(C)cc(N3CCC(C(=O)NC(C)C)CC3)nc2c1. The first kappa shape index (κ1) is 17.5. The Morgan fingerprint density at radius 1 is 1.28 bits per heavy atom. The Kier molecular flexibility index (Phi) is 5.11. The molecule has 1 N–H and O–H groups in total. The highest BCUT2D eigenvalue weighted by Crippen LogP contribution is 2.28. The van der Waals surface area contributed by atoms with Crippen molar-refractivity contribution in [2.45, 2.75) is 39.7 Å². The first-order chi connectivity index (χ1) is 12.0. The van der Waals surface area contributed by atoms with Crippen LogP contribution in [0.3, 0.4) is 0 Å². The largest absolute Gasteiger partial charge is 0.497 e. The van der Waals surface area contributed by atoms with Crippen molar-refractivity contribution in [3.05, 3.63) is 29.8 Å². The standard InChI is InChI=1S/C20H27N3O2/c1-13(2)21-20(24)15-7-9-23(10-8-15)19-11-14(3)17-6-5-16(25-4)12-18(17)22-19/h5-6,11-13,15H,7-10H2,1-4H3,(H,21,24). The Morgan fingerprint density at radius 2 is 2.00 bits per heavy atom. The smallest absolute Gasteiger partial charge is 0.223 e. The fourth-order valence-corrected chi connectivity index (χ4v) is 3.43. The molecule has 2 heterocycles. The number of nitrogens with one attached hydrogen (secondary N) is 1. The number of aromatic nitrogens is 1. The number of nitrogens with zero attached hydrogens (tertiary/aromatic N) is 2. The second-order valence-corrected chi connectivity index (χ2v) is 7.11. The number of carbonyl (C=O) groups is 1. The van der Waals surface area contributed by atoms with E-state index in [-0.39, 0.29) is 17.9 Å². The van der Waals surface area contributed by atoms with Crippen molar-refractivity contribution in [3.63, 3.8) is 0 Å². The normalized spacial score (nSPS) is 15.6. The maximum Gasteiger partial charge on any atom is 0.223 e. The topological polar surface area (TPSA) is 54.5 Å². The summed E-state index contributed by atoms with van der Waals surface area (Å²) in [5.41, 5.74) is 2.16. The Labute approximate surface area is 149 Å². The van der Waals surface area contributed by atoms with E-state index in [9.17, 15) is 4.79 Å². The van der Waals surface area contributed by atoms with Gasteiger partial charge in [0.15, 0.2) is 0 Å². The quantitative estimate of drug-likeness (QED) is 0.927. The van der Waals surface area contributed by atoms with Crippen LogP contribution in [0.25, 0.3) is 10.9 Å². The molecule has 5 nitrogen and oxygen atoms in total. The Bertz CT molecular complexity index is 765. The van der Waals surface area contributed by atoms with E-state index in [0.717, 1.165) is 48.4 Å². The summed E-state index contributed by atoms with van der Waals surface area (Å²) >= 11 is 0. The number of carbonyl (C=O) groups excluding carboxylic acids is 1. The summed E-state index contributed by atoms with van der Waals surface area (Å²) in [7, 11) is 1.67. The monoisotopic (exact) mass is 341 g/mol. The van der Waals surface area contributed by atoms with Crippen molar-refractivity contribution in [3.8, 4) is 5.75 Å². The van der Waals surface area contributed by atoms with Crippen LogP contribution in [0, 0.1) is 12.8 Å². The zero-order valence-electron chi connectivity index (χ0n) is 15.5. The molecule has 0 aliphatic carbocycles. The van der Waals surface area contributed by atoms with Crippen molar-refractivity contribution in [2.75, 3.05) is 25.1 Å². The van der Waals surface area contributed by atoms with Gasteiger partial charge in [0.2, 0.25) is 5.91 Å². The van der Waals surface area contributed by atoms with E-state index in [2.05, 4.69) is 29.3 Å². The molecule has 2 aromatic rings. The van der Waals surface area contributed by atoms with Gasteiger partial charge in [-0.05, 0) is 57.4 Å². The van der Waals surface area contributed by atoms with Gasteiger partial charge in [0, 0.05) is 36.5 Å². The summed E-state index contributed by atoms with van der Waals surface area (Å²) in [6.45, 7) is 7.84. The second-order valence-electron chi connectivity index (χ2n) is 7.11. The van der Waals surface area contributed by atoms with Crippen LogP contribution in [0.5, 0.6) is 5.75 Å². The van der Waals surface area contributed by atoms with Gasteiger partial charge in [0.05, 0.1) is 12.6 Å². The molecule has 1 aliphatic heterocycles. The first-order valence-electron chi connectivity index (χ1n) is 8.98. The Morgan fingerprint density at radius 3 is 2.64 bits per heavy atom. The minimum atomic E-state index is 0.111. The lowest BCUT2D eigenvalue weighted by molar-refractivity contribution is -0.126. The summed E-state index contributed by atoms with van der Waals surface area (Å²) < 4.78 is 5.32. The van der Waals surface area contributed by atoms with Gasteiger partial charge in [-0.1, -0.05) is 0 Å². The number of hydrogen-bond donors (Lipinski definition) is 1. The lowest BCUT2D eigenvalue weighted by atomic mass is 9.95. The van der Waals surface area contributed by atoms with Crippen LogP contribution in [0.1, 0.15) is 32.3 Å². The van der Waals surface area contributed by atoms with Gasteiger partial charge >= 0.3 is 0 Å². The molecular weight excluding hydrogens is 314 g/mol. The number of anilines is 1. The molecule has 1 aliphatic rings. The molecule has 25 heavy (non-hydrogen) atoms. The third kappa shape index (κ3) is 3.86. The van der Waals surface area contributed by atoms with Crippen molar-refractivity contribution in [1.29, 1.82) is 0 Å². The fraction of sp³-hybridized carbons (Fsp3) is 0.500. The zero-order chi connectivity index (χ0) is 18.0. The van der Waals surface area contributed by atoms with E-state index in [4.69, 9.17) is 9.72 Å². The molecule has 1 aromatic carbocycles. The Hall–Kier alpha value is -2.30. The maximum absolute atomic E-state index is 12.2. The van der Waals surface area contributed by atoms with Crippen molar-refractivity contribution >= 4 is 22.6 Å². The van der Waals surface area contributed by atoms with Crippen molar-refractivity contribution in [2.24, 2.45) is 5.92 Å². The highest BCUT2D eigenvalue weighted by atomic mass is 16.5. The molecule has 0 bridgehead atoms. The third-order valence-corrected chi connectivity index (χ3v) is 4.83. The lowest BCUT2D eigenvalue weighted by Crippen LogP contribution is -2.42. The van der Waals surface area contributed by atoms with Crippen LogP contribution in [0.15, 0.2) is 24.3 Å². The Balaban J connectivity index is 1.76. The molecular formula is C20H27N3O2. The number of amides is 1. The average molecular weight is 341 g/mol. The van der Waals surface area contributed by atoms with Crippen LogP contribution in [0.4, 0.5) is 5.82 Å². The van der Waals surface area contributed by atoms with Crippen LogP contribution in [-0.4, -0.2) is 37.1 Å². The fourth-order valence-electron chi connectivity index (χ4n) is 3.43. The average Bonchev–Trinajstić information content (AvgIpc) is 2.60. The van der Waals surface area contributed by atoms with E-state index >= 15 is 0 Å². The predicted molar refractivity (Wildman–Crippen MR) is 101 cm³/mol. The van der Waals surface area contributed by atoms with Gasteiger partial charge in [0.1, 0.15) is 11.6 Å². The minimum Gasteiger partial charge on any atom is -0.497 e. The van der Waals surface area contributed by atoms with Gasteiger partial charge < -0.3 is 15.0 Å². The van der Waals surface area contributed by atoms with Crippen LogP contribution >= 0.6 is 0 Å². The molecule has 134 valence electrons. The number of benzene rings is 1. The van der Waals surface area contributed by atoms with E-state index in [1.54, 1.807) is 7.11 Å². The molecule has 0 atom stereocenters. The number of ether oxygens (including phenoxy) is 1. The van der Waals surface area contributed by atoms with E-state index < -0.39 is 0 Å². The van der Waals surface area contributed by atoms with Crippen LogP contribution in [0.2, 0.25) is 0 Å². The molecule has 1 aromatic heterocycles. The number of fused-ring (bicyclic) bond motifs is 1. The number of piperidine rings is 1. The van der Waals surface area contributed by atoms with E-state index in [1.165, 1.54) is 5.56 Å². The van der Waals surface area contributed by atoms with Gasteiger partial charge in [-0.2, -0.15) is 0 Å². The molecule has 1 fully saturated rings. The highest BCUT2D eigenvalue weighted by molar-refractivity contribution is 5.85. The molecule has 5 heteroatoms. The summed E-state index contributed by atoms with van der Waals surface area (Å²) in [5, 5.41) is 4.17. The molecule has 1 amide bonds.